The van der Waals surface area contributed by atoms with E-state index in [9.17, 15) is 4.39 Å². The molecule has 0 atom stereocenters. The minimum atomic E-state index is -0.177. The van der Waals surface area contributed by atoms with Gasteiger partial charge in [-0.15, -0.1) is 0 Å². The maximum absolute atomic E-state index is 13.5. The average molecular weight is 270 g/mol. The number of benzene rings is 1. The van der Waals surface area contributed by atoms with Crippen molar-refractivity contribution in [2.45, 2.75) is 45.6 Å². The van der Waals surface area contributed by atoms with E-state index in [0.29, 0.717) is 22.5 Å². The molecule has 2 rings (SSSR count). The molecule has 0 heterocycles. The minimum absolute atomic E-state index is 0.177. The summed E-state index contributed by atoms with van der Waals surface area (Å²) in [4.78, 5) is 0. The molecule has 0 spiro atoms. The monoisotopic (exact) mass is 269 g/mol. The second kappa shape index (κ2) is 6.03. The molecular weight excluding hydrogens is 249 g/mol. The van der Waals surface area contributed by atoms with Gasteiger partial charge in [-0.3, -0.25) is 0 Å². The molecule has 0 bridgehead atoms. The molecule has 0 unspecified atom stereocenters. The Bertz CT molecular complexity index is 399. The SMILES string of the molecule is CCC1(CNCc2cc(Cl)ccc2F)CCCC1. The van der Waals surface area contributed by atoms with Crippen LogP contribution in [0.2, 0.25) is 5.02 Å². The molecule has 100 valence electrons. The van der Waals surface area contributed by atoms with Crippen LogP contribution in [0.5, 0.6) is 0 Å². The first-order chi connectivity index (χ1) is 8.65. The fraction of sp³-hybridized carbons (Fsp3) is 0.600. The summed E-state index contributed by atoms with van der Waals surface area (Å²) in [7, 11) is 0. The van der Waals surface area contributed by atoms with Crippen LogP contribution in [0.25, 0.3) is 0 Å². The molecule has 1 N–H and O–H groups in total. The first-order valence-electron chi connectivity index (χ1n) is 6.80. The highest BCUT2D eigenvalue weighted by Crippen LogP contribution is 2.40. The normalized spacial score (nSPS) is 18.2. The van der Waals surface area contributed by atoms with Gasteiger partial charge in [0.1, 0.15) is 5.82 Å². The van der Waals surface area contributed by atoms with E-state index >= 15 is 0 Å². The molecule has 0 aromatic heterocycles. The minimum Gasteiger partial charge on any atom is -0.312 e. The highest BCUT2D eigenvalue weighted by Gasteiger charge is 2.31. The quantitative estimate of drug-likeness (QED) is 0.828. The Balaban J connectivity index is 1.89. The molecule has 0 amide bonds. The maximum Gasteiger partial charge on any atom is 0.127 e. The molecule has 1 aromatic rings. The second-order valence-corrected chi connectivity index (χ2v) is 5.84. The van der Waals surface area contributed by atoms with Crippen LogP contribution in [0.3, 0.4) is 0 Å². The summed E-state index contributed by atoms with van der Waals surface area (Å²) in [6, 6.07) is 4.73. The largest absolute Gasteiger partial charge is 0.312 e. The molecule has 0 radical (unpaired) electrons. The van der Waals surface area contributed by atoms with Crippen molar-refractivity contribution < 1.29 is 4.39 Å². The maximum atomic E-state index is 13.5. The van der Waals surface area contributed by atoms with Gasteiger partial charge in [0.05, 0.1) is 0 Å². The van der Waals surface area contributed by atoms with Gasteiger partial charge >= 0.3 is 0 Å². The number of halogens is 2. The molecule has 1 nitrogen and oxygen atoms in total. The molecule has 1 aromatic carbocycles. The lowest BCUT2D eigenvalue weighted by Gasteiger charge is -2.27. The van der Waals surface area contributed by atoms with E-state index in [1.165, 1.54) is 38.2 Å². The van der Waals surface area contributed by atoms with Gasteiger partial charge in [-0.1, -0.05) is 31.4 Å². The van der Waals surface area contributed by atoms with Crippen molar-refractivity contribution in [3.63, 3.8) is 0 Å². The highest BCUT2D eigenvalue weighted by atomic mass is 35.5. The van der Waals surface area contributed by atoms with Gasteiger partial charge in [0.15, 0.2) is 0 Å². The highest BCUT2D eigenvalue weighted by molar-refractivity contribution is 6.30. The Morgan fingerprint density at radius 2 is 2.06 bits per heavy atom. The number of hydrogen-bond donors (Lipinski definition) is 1. The van der Waals surface area contributed by atoms with E-state index < -0.39 is 0 Å². The van der Waals surface area contributed by atoms with Crippen molar-refractivity contribution in [2.24, 2.45) is 5.41 Å². The van der Waals surface area contributed by atoms with Crippen LogP contribution in [-0.2, 0) is 6.54 Å². The van der Waals surface area contributed by atoms with E-state index in [1.54, 1.807) is 12.1 Å². The van der Waals surface area contributed by atoms with Crippen LogP contribution in [0.1, 0.15) is 44.6 Å². The van der Waals surface area contributed by atoms with Gasteiger partial charge < -0.3 is 5.32 Å². The van der Waals surface area contributed by atoms with Gasteiger partial charge in [-0.25, -0.2) is 4.39 Å². The summed E-state index contributed by atoms with van der Waals surface area (Å²) in [5, 5.41) is 4.00. The molecular formula is C15H21ClFN. The molecule has 1 aliphatic carbocycles. The summed E-state index contributed by atoms with van der Waals surface area (Å²) in [5.41, 5.74) is 1.10. The fourth-order valence-electron chi connectivity index (χ4n) is 2.92. The standard InChI is InChI=1S/C15H21ClFN/c1-2-15(7-3-4-8-15)11-18-10-12-9-13(16)5-6-14(12)17/h5-6,9,18H,2-4,7-8,10-11H2,1H3. The fourth-order valence-corrected chi connectivity index (χ4v) is 3.12. The summed E-state index contributed by atoms with van der Waals surface area (Å²) in [6.45, 7) is 3.80. The zero-order chi connectivity index (χ0) is 13.0. The van der Waals surface area contributed by atoms with E-state index in [-0.39, 0.29) is 5.82 Å². The van der Waals surface area contributed by atoms with E-state index in [1.807, 2.05) is 0 Å². The van der Waals surface area contributed by atoms with Crippen molar-refractivity contribution in [1.29, 1.82) is 0 Å². The zero-order valence-electron chi connectivity index (χ0n) is 10.9. The Morgan fingerprint density at radius 1 is 1.33 bits per heavy atom. The topological polar surface area (TPSA) is 12.0 Å². The van der Waals surface area contributed by atoms with Gasteiger partial charge in [0.2, 0.25) is 0 Å². The molecule has 0 aliphatic heterocycles. The third kappa shape index (κ3) is 3.24. The smallest absolute Gasteiger partial charge is 0.127 e. The molecule has 18 heavy (non-hydrogen) atoms. The van der Waals surface area contributed by atoms with Crippen molar-refractivity contribution >= 4 is 11.6 Å². The average Bonchev–Trinajstić information content (AvgIpc) is 2.83. The number of hydrogen-bond acceptors (Lipinski definition) is 1. The third-order valence-corrected chi connectivity index (χ3v) is 4.47. The lowest BCUT2D eigenvalue weighted by molar-refractivity contribution is 0.267. The summed E-state index contributed by atoms with van der Waals surface area (Å²) >= 11 is 5.88. The van der Waals surface area contributed by atoms with Crippen LogP contribution < -0.4 is 5.32 Å². The van der Waals surface area contributed by atoms with Gasteiger partial charge in [-0.05, 0) is 42.9 Å². The number of rotatable bonds is 5. The Labute approximate surface area is 114 Å². The number of nitrogens with one attached hydrogen (secondary N) is 1. The summed E-state index contributed by atoms with van der Waals surface area (Å²) < 4.78 is 13.5. The predicted octanol–water partition coefficient (Wildman–Crippen LogP) is 4.54. The van der Waals surface area contributed by atoms with E-state index in [2.05, 4.69) is 12.2 Å². The van der Waals surface area contributed by atoms with E-state index in [0.717, 1.165) is 6.54 Å². The first-order valence-corrected chi connectivity index (χ1v) is 7.18. The van der Waals surface area contributed by atoms with Crippen molar-refractivity contribution in [3.05, 3.63) is 34.6 Å². The zero-order valence-corrected chi connectivity index (χ0v) is 11.7. The summed E-state index contributed by atoms with van der Waals surface area (Å²) in [5.74, 6) is -0.177. The second-order valence-electron chi connectivity index (χ2n) is 5.40. The Kier molecular flexibility index (Phi) is 4.63. The predicted molar refractivity (Wildman–Crippen MR) is 74.3 cm³/mol. The lowest BCUT2D eigenvalue weighted by Crippen LogP contribution is -2.31. The van der Waals surface area contributed by atoms with Crippen LogP contribution in [0, 0.1) is 11.2 Å². The molecule has 1 aliphatic rings. The van der Waals surface area contributed by atoms with Crippen LogP contribution in [0.15, 0.2) is 18.2 Å². The van der Waals surface area contributed by atoms with Crippen molar-refractivity contribution in [2.75, 3.05) is 6.54 Å². The molecule has 1 saturated carbocycles. The van der Waals surface area contributed by atoms with Crippen LogP contribution in [-0.4, -0.2) is 6.54 Å². The summed E-state index contributed by atoms with van der Waals surface area (Å²) in [6.07, 6.45) is 6.48. The van der Waals surface area contributed by atoms with Gasteiger partial charge in [-0.2, -0.15) is 0 Å². The first kappa shape index (κ1) is 13.8. The molecule has 1 fully saturated rings. The van der Waals surface area contributed by atoms with Gasteiger partial charge in [0, 0.05) is 23.7 Å². The van der Waals surface area contributed by atoms with Crippen molar-refractivity contribution in [1.82, 2.24) is 5.32 Å². The molecule has 3 heteroatoms. The Morgan fingerprint density at radius 3 is 2.72 bits per heavy atom. The van der Waals surface area contributed by atoms with E-state index in [4.69, 9.17) is 11.6 Å². The van der Waals surface area contributed by atoms with Crippen molar-refractivity contribution in [3.8, 4) is 0 Å². The Hall–Kier alpha value is -0.600. The van der Waals surface area contributed by atoms with Gasteiger partial charge in [0.25, 0.3) is 0 Å². The molecule has 0 saturated heterocycles. The lowest BCUT2D eigenvalue weighted by atomic mass is 9.83. The third-order valence-electron chi connectivity index (χ3n) is 4.24. The van der Waals surface area contributed by atoms with Crippen LogP contribution >= 0.6 is 11.6 Å². The van der Waals surface area contributed by atoms with Crippen LogP contribution in [0.4, 0.5) is 4.39 Å².